The standard InChI is InChI=1S/C12H13Br2NO5S/c1-6-2-9(14)11(4-8(6)13)21(19,20)15-5-7(16)3-10(15)12(17)18/h2,4,7,10,16H,3,5H2,1H3,(H,17,18)/t7-,10-/m0/s1. The molecule has 0 spiro atoms. The summed E-state index contributed by atoms with van der Waals surface area (Å²) in [7, 11) is -4.02. The van der Waals surface area contributed by atoms with E-state index in [9.17, 15) is 18.3 Å². The van der Waals surface area contributed by atoms with Crippen LogP contribution in [0.2, 0.25) is 0 Å². The Morgan fingerprint density at radius 2 is 1.95 bits per heavy atom. The maximum absolute atomic E-state index is 12.7. The third kappa shape index (κ3) is 3.16. The van der Waals surface area contributed by atoms with Gasteiger partial charge in [0.25, 0.3) is 0 Å². The Bertz CT molecular complexity index is 691. The third-order valence-corrected chi connectivity index (χ3v) is 7.01. The highest BCUT2D eigenvalue weighted by Gasteiger charge is 2.44. The second-order valence-electron chi connectivity index (χ2n) is 4.85. The monoisotopic (exact) mass is 441 g/mol. The second kappa shape index (κ2) is 5.96. The first kappa shape index (κ1) is 16.9. The lowest BCUT2D eigenvalue weighted by molar-refractivity contribution is -0.140. The molecule has 0 aliphatic carbocycles. The summed E-state index contributed by atoms with van der Waals surface area (Å²) in [6, 6.07) is 1.81. The second-order valence-corrected chi connectivity index (χ2v) is 8.42. The molecule has 1 fully saturated rings. The summed E-state index contributed by atoms with van der Waals surface area (Å²) in [5, 5.41) is 18.7. The molecular formula is C12H13Br2NO5S. The average molecular weight is 443 g/mol. The van der Waals surface area contributed by atoms with E-state index in [-0.39, 0.29) is 17.9 Å². The van der Waals surface area contributed by atoms with E-state index in [1.807, 2.05) is 6.92 Å². The molecule has 1 saturated heterocycles. The maximum atomic E-state index is 12.7. The van der Waals surface area contributed by atoms with Crippen molar-refractivity contribution in [3.63, 3.8) is 0 Å². The molecule has 1 aliphatic heterocycles. The normalized spacial score (nSPS) is 23.4. The van der Waals surface area contributed by atoms with Crippen molar-refractivity contribution < 1.29 is 23.4 Å². The summed E-state index contributed by atoms with van der Waals surface area (Å²) in [6.07, 6.45) is -1.09. The van der Waals surface area contributed by atoms with Crippen molar-refractivity contribution in [2.45, 2.75) is 30.4 Å². The highest BCUT2D eigenvalue weighted by molar-refractivity contribution is 9.11. The van der Waals surface area contributed by atoms with Crippen LogP contribution >= 0.6 is 31.9 Å². The fourth-order valence-corrected chi connectivity index (χ4v) is 5.50. The predicted octanol–water partition coefficient (Wildman–Crippen LogP) is 1.73. The molecular weight excluding hydrogens is 430 g/mol. The quantitative estimate of drug-likeness (QED) is 0.743. The Hall–Kier alpha value is -0.480. The number of halogens is 2. The molecule has 1 heterocycles. The number of nitrogens with zero attached hydrogens (tertiary/aromatic N) is 1. The van der Waals surface area contributed by atoms with Crippen LogP contribution in [-0.4, -0.2) is 47.6 Å². The number of hydrogen-bond acceptors (Lipinski definition) is 4. The number of rotatable bonds is 3. The lowest BCUT2D eigenvalue weighted by Crippen LogP contribution is -2.40. The van der Waals surface area contributed by atoms with Crippen LogP contribution in [0.4, 0.5) is 0 Å². The lowest BCUT2D eigenvalue weighted by Gasteiger charge is -2.21. The van der Waals surface area contributed by atoms with Gasteiger partial charge in [0.2, 0.25) is 10.0 Å². The van der Waals surface area contributed by atoms with Gasteiger partial charge in [-0.3, -0.25) is 4.79 Å². The number of β-amino-alcohol motifs (C(OH)–C–C–N with tert-alkyl or cyclic N) is 1. The molecule has 0 amide bonds. The number of carboxylic acid groups (broad SMARTS) is 1. The molecule has 0 bridgehead atoms. The van der Waals surface area contributed by atoms with Crippen molar-refractivity contribution in [3.8, 4) is 0 Å². The zero-order valence-corrected chi connectivity index (χ0v) is 14.9. The van der Waals surface area contributed by atoms with E-state index in [4.69, 9.17) is 5.11 Å². The Balaban J connectivity index is 2.52. The van der Waals surface area contributed by atoms with Gasteiger partial charge in [-0.05, 0) is 40.5 Å². The number of carboxylic acids is 1. The van der Waals surface area contributed by atoms with E-state index >= 15 is 0 Å². The molecule has 21 heavy (non-hydrogen) atoms. The van der Waals surface area contributed by atoms with Crippen LogP contribution in [0.15, 0.2) is 26.0 Å². The molecule has 0 saturated carbocycles. The molecule has 116 valence electrons. The zero-order valence-electron chi connectivity index (χ0n) is 11.0. The van der Waals surface area contributed by atoms with Gasteiger partial charge in [0, 0.05) is 21.9 Å². The van der Waals surface area contributed by atoms with Gasteiger partial charge >= 0.3 is 5.97 Å². The number of hydrogen-bond donors (Lipinski definition) is 2. The van der Waals surface area contributed by atoms with Crippen LogP contribution < -0.4 is 0 Å². The number of aliphatic hydroxyl groups is 1. The van der Waals surface area contributed by atoms with Crippen LogP contribution in [0.25, 0.3) is 0 Å². The van der Waals surface area contributed by atoms with Crippen molar-refractivity contribution >= 4 is 47.9 Å². The Kier molecular flexibility index (Phi) is 4.79. The summed E-state index contributed by atoms with van der Waals surface area (Å²) in [5.74, 6) is -1.27. The topological polar surface area (TPSA) is 94.9 Å². The molecule has 2 atom stereocenters. The van der Waals surface area contributed by atoms with Gasteiger partial charge in [0.15, 0.2) is 0 Å². The summed E-state index contributed by atoms with van der Waals surface area (Å²) < 4.78 is 27.2. The van der Waals surface area contributed by atoms with Gasteiger partial charge in [-0.25, -0.2) is 8.42 Å². The van der Waals surface area contributed by atoms with Crippen LogP contribution in [0, 0.1) is 6.92 Å². The number of benzene rings is 1. The first-order valence-corrected chi connectivity index (χ1v) is 9.05. The fourth-order valence-electron chi connectivity index (χ4n) is 2.23. The number of sulfonamides is 1. The minimum absolute atomic E-state index is 0.0275. The van der Waals surface area contributed by atoms with Gasteiger partial charge in [-0.2, -0.15) is 4.31 Å². The van der Waals surface area contributed by atoms with Crippen LogP contribution in [0.3, 0.4) is 0 Å². The van der Waals surface area contributed by atoms with E-state index in [0.717, 1.165) is 9.87 Å². The van der Waals surface area contributed by atoms with Crippen molar-refractivity contribution in [2.24, 2.45) is 0 Å². The number of aryl methyl sites for hydroxylation is 1. The van der Waals surface area contributed by atoms with Crippen molar-refractivity contribution in [1.82, 2.24) is 4.31 Å². The van der Waals surface area contributed by atoms with Gasteiger partial charge < -0.3 is 10.2 Å². The van der Waals surface area contributed by atoms with E-state index in [1.165, 1.54) is 6.07 Å². The molecule has 6 nitrogen and oxygen atoms in total. The molecule has 1 aromatic rings. The Morgan fingerprint density at radius 1 is 1.33 bits per heavy atom. The predicted molar refractivity (Wildman–Crippen MR) is 82.5 cm³/mol. The first-order valence-electron chi connectivity index (χ1n) is 6.03. The number of aliphatic hydroxyl groups excluding tert-OH is 1. The van der Waals surface area contributed by atoms with Crippen molar-refractivity contribution in [2.75, 3.05) is 6.54 Å². The summed E-state index contributed by atoms with van der Waals surface area (Å²) in [6.45, 7) is 1.59. The SMILES string of the molecule is Cc1cc(Br)c(S(=O)(=O)N2C[C@@H](O)C[C@H]2C(=O)O)cc1Br. The molecule has 0 unspecified atom stereocenters. The van der Waals surface area contributed by atoms with E-state index in [1.54, 1.807) is 6.07 Å². The van der Waals surface area contributed by atoms with Crippen molar-refractivity contribution in [3.05, 3.63) is 26.6 Å². The molecule has 1 aromatic carbocycles. The van der Waals surface area contributed by atoms with Crippen LogP contribution in [0.5, 0.6) is 0 Å². The fraction of sp³-hybridized carbons (Fsp3) is 0.417. The van der Waals surface area contributed by atoms with Crippen LogP contribution in [0.1, 0.15) is 12.0 Å². The van der Waals surface area contributed by atoms with E-state index in [2.05, 4.69) is 31.9 Å². The molecule has 9 heteroatoms. The average Bonchev–Trinajstić information content (AvgIpc) is 2.76. The van der Waals surface area contributed by atoms with Crippen LogP contribution in [-0.2, 0) is 14.8 Å². The zero-order chi connectivity index (χ0) is 15.9. The number of carbonyl (C=O) groups is 1. The van der Waals surface area contributed by atoms with Gasteiger partial charge in [0.1, 0.15) is 6.04 Å². The van der Waals surface area contributed by atoms with Crippen molar-refractivity contribution in [1.29, 1.82) is 0 Å². The largest absolute Gasteiger partial charge is 0.480 e. The highest BCUT2D eigenvalue weighted by atomic mass is 79.9. The van der Waals surface area contributed by atoms with Gasteiger partial charge in [0.05, 0.1) is 11.0 Å². The first-order chi connectivity index (χ1) is 9.64. The van der Waals surface area contributed by atoms with E-state index in [0.29, 0.717) is 8.95 Å². The number of aliphatic carboxylic acids is 1. The summed E-state index contributed by atoms with van der Waals surface area (Å²) in [5.41, 5.74) is 0.845. The lowest BCUT2D eigenvalue weighted by atomic mass is 10.2. The molecule has 2 N–H and O–H groups in total. The molecule has 1 aliphatic rings. The Labute approximate surface area is 139 Å². The minimum atomic E-state index is -4.02. The Morgan fingerprint density at radius 3 is 2.52 bits per heavy atom. The summed E-state index contributed by atoms with van der Waals surface area (Å²) >= 11 is 6.47. The molecule has 0 aromatic heterocycles. The smallest absolute Gasteiger partial charge is 0.322 e. The molecule has 2 rings (SSSR count). The van der Waals surface area contributed by atoms with Gasteiger partial charge in [-0.15, -0.1) is 0 Å². The minimum Gasteiger partial charge on any atom is -0.480 e. The van der Waals surface area contributed by atoms with Gasteiger partial charge in [-0.1, -0.05) is 15.9 Å². The summed E-state index contributed by atoms with van der Waals surface area (Å²) in [4.78, 5) is 11.2. The maximum Gasteiger partial charge on any atom is 0.322 e. The third-order valence-electron chi connectivity index (χ3n) is 3.32. The van der Waals surface area contributed by atoms with E-state index < -0.39 is 28.1 Å². The highest BCUT2D eigenvalue weighted by Crippen LogP contribution is 2.34. The molecule has 0 radical (unpaired) electrons.